The molecule has 0 spiro atoms. The van der Waals surface area contributed by atoms with Gasteiger partial charge in [-0.25, -0.2) is 0 Å². The van der Waals surface area contributed by atoms with Gasteiger partial charge in [-0.2, -0.15) is 0 Å². The number of fused-ring (bicyclic) bond motifs is 1. The number of anilines is 1. The van der Waals surface area contributed by atoms with E-state index in [0.29, 0.717) is 11.0 Å². The second-order valence-corrected chi connectivity index (χ2v) is 3.09. The van der Waals surface area contributed by atoms with Crippen LogP contribution in [0.4, 0.5) is 5.69 Å². The smallest absolute Gasteiger partial charge is 0.135 e. The van der Waals surface area contributed by atoms with Crippen LogP contribution in [0.25, 0.3) is 10.8 Å². The fraction of sp³-hybridized carbons (Fsp3) is 0. The maximum Gasteiger partial charge on any atom is 0.135 e. The van der Waals surface area contributed by atoms with Gasteiger partial charge in [0.05, 0.1) is 5.69 Å². The molecule has 2 rings (SSSR count). The molecule has 15 heavy (non-hydrogen) atoms. The Morgan fingerprint density at radius 3 is 2.47 bits per heavy atom. The van der Waals surface area contributed by atoms with Crippen molar-refractivity contribution in [1.82, 2.24) is 0 Å². The SMILES string of the molecule is O/N=c1/c(NO)cccc2ccccc12. The molecule has 0 aliphatic carbocycles. The summed E-state index contributed by atoms with van der Waals surface area (Å²) in [6.07, 6.45) is 0. The summed E-state index contributed by atoms with van der Waals surface area (Å²) < 4.78 is 0. The number of nitrogens with one attached hydrogen (secondary N) is 1. The maximum atomic E-state index is 8.93. The molecule has 0 heterocycles. The van der Waals surface area contributed by atoms with Crippen molar-refractivity contribution in [2.24, 2.45) is 5.16 Å². The number of hydrogen-bond acceptors (Lipinski definition) is 4. The molecule has 0 bridgehead atoms. The van der Waals surface area contributed by atoms with Crippen LogP contribution < -0.4 is 10.8 Å². The van der Waals surface area contributed by atoms with Gasteiger partial charge < -0.3 is 5.21 Å². The van der Waals surface area contributed by atoms with E-state index >= 15 is 0 Å². The lowest BCUT2D eigenvalue weighted by Crippen LogP contribution is -2.08. The summed E-state index contributed by atoms with van der Waals surface area (Å²) in [4.78, 5) is 0. The number of nitrogens with zero attached hydrogens (tertiary/aromatic N) is 1. The van der Waals surface area contributed by atoms with E-state index in [0.717, 1.165) is 10.8 Å². The third-order valence-corrected chi connectivity index (χ3v) is 2.23. The van der Waals surface area contributed by atoms with Crippen molar-refractivity contribution in [1.29, 1.82) is 0 Å². The Labute approximate surface area is 86.1 Å². The van der Waals surface area contributed by atoms with Gasteiger partial charge in [0, 0.05) is 5.39 Å². The quantitative estimate of drug-likeness (QED) is 0.489. The van der Waals surface area contributed by atoms with Crippen LogP contribution in [0, 0.1) is 0 Å². The lowest BCUT2D eigenvalue weighted by Gasteiger charge is -1.95. The molecule has 4 nitrogen and oxygen atoms in total. The molecular weight excluding hydrogens is 192 g/mol. The molecular formula is C11H10N2O2. The summed E-state index contributed by atoms with van der Waals surface area (Å²) >= 11 is 0. The minimum absolute atomic E-state index is 0.318. The second-order valence-electron chi connectivity index (χ2n) is 3.09. The Kier molecular flexibility index (Phi) is 2.51. The van der Waals surface area contributed by atoms with Crippen LogP contribution in [0.2, 0.25) is 0 Å². The monoisotopic (exact) mass is 202 g/mol. The zero-order valence-corrected chi connectivity index (χ0v) is 7.88. The Morgan fingerprint density at radius 1 is 1.00 bits per heavy atom. The first-order valence-corrected chi connectivity index (χ1v) is 4.47. The van der Waals surface area contributed by atoms with Gasteiger partial charge in [0.25, 0.3) is 0 Å². The molecule has 0 aromatic heterocycles. The molecule has 0 atom stereocenters. The van der Waals surface area contributed by atoms with E-state index in [2.05, 4.69) is 5.16 Å². The van der Waals surface area contributed by atoms with Crippen LogP contribution in [-0.4, -0.2) is 10.4 Å². The van der Waals surface area contributed by atoms with Crippen LogP contribution >= 0.6 is 0 Å². The molecule has 0 fully saturated rings. The molecule has 0 amide bonds. The van der Waals surface area contributed by atoms with Crippen molar-refractivity contribution < 1.29 is 10.4 Å². The topological polar surface area (TPSA) is 64.9 Å². The average Bonchev–Trinajstić information content (AvgIpc) is 2.47. The molecule has 2 aromatic rings. The predicted octanol–water partition coefficient (Wildman–Crippen LogP) is 1.93. The van der Waals surface area contributed by atoms with E-state index in [1.54, 1.807) is 12.1 Å². The van der Waals surface area contributed by atoms with Crippen LogP contribution in [0.3, 0.4) is 0 Å². The number of hydrogen-bond donors (Lipinski definition) is 3. The van der Waals surface area contributed by atoms with Crippen molar-refractivity contribution in [2.75, 3.05) is 5.48 Å². The molecule has 2 aromatic carbocycles. The minimum Gasteiger partial charge on any atom is -0.410 e. The van der Waals surface area contributed by atoms with Crippen molar-refractivity contribution >= 4 is 16.5 Å². The summed E-state index contributed by atoms with van der Waals surface area (Å²) in [7, 11) is 0. The van der Waals surface area contributed by atoms with Gasteiger partial charge >= 0.3 is 0 Å². The highest BCUT2D eigenvalue weighted by molar-refractivity contribution is 5.83. The van der Waals surface area contributed by atoms with Gasteiger partial charge in [-0.05, 0) is 11.5 Å². The van der Waals surface area contributed by atoms with Crippen molar-refractivity contribution in [2.45, 2.75) is 0 Å². The Morgan fingerprint density at radius 2 is 1.73 bits per heavy atom. The molecule has 0 saturated carbocycles. The Balaban J connectivity index is 3.00. The van der Waals surface area contributed by atoms with Gasteiger partial charge in [0.2, 0.25) is 0 Å². The third-order valence-electron chi connectivity index (χ3n) is 2.23. The molecule has 0 unspecified atom stereocenters. The van der Waals surface area contributed by atoms with Gasteiger partial charge in [-0.3, -0.25) is 10.7 Å². The average molecular weight is 202 g/mol. The van der Waals surface area contributed by atoms with Gasteiger partial charge in [-0.15, -0.1) is 0 Å². The molecule has 0 aliphatic heterocycles. The highest BCUT2D eigenvalue weighted by Crippen LogP contribution is 2.10. The Hall–Kier alpha value is -2.07. The summed E-state index contributed by atoms with van der Waals surface area (Å²) in [6, 6.07) is 12.8. The van der Waals surface area contributed by atoms with Crippen molar-refractivity contribution in [3.05, 3.63) is 47.8 Å². The number of benzene rings is 1. The first-order valence-electron chi connectivity index (χ1n) is 4.47. The molecule has 0 aliphatic rings. The molecule has 76 valence electrons. The lowest BCUT2D eigenvalue weighted by atomic mass is 10.2. The fourth-order valence-corrected chi connectivity index (χ4v) is 1.53. The van der Waals surface area contributed by atoms with Crippen LogP contribution in [0.1, 0.15) is 0 Å². The molecule has 0 saturated heterocycles. The van der Waals surface area contributed by atoms with Crippen molar-refractivity contribution in [3.63, 3.8) is 0 Å². The van der Waals surface area contributed by atoms with E-state index in [1.165, 1.54) is 0 Å². The summed E-state index contributed by atoms with van der Waals surface area (Å²) in [5.74, 6) is 0. The molecule has 3 N–H and O–H groups in total. The zero-order valence-electron chi connectivity index (χ0n) is 7.88. The van der Waals surface area contributed by atoms with E-state index in [1.807, 2.05) is 35.8 Å². The fourth-order valence-electron chi connectivity index (χ4n) is 1.53. The first-order chi connectivity index (χ1) is 7.36. The molecule has 4 heteroatoms. The minimum atomic E-state index is 0.318. The highest BCUT2D eigenvalue weighted by Gasteiger charge is 1.99. The number of rotatable bonds is 1. The van der Waals surface area contributed by atoms with E-state index in [4.69, 9.17) is 10.4 Å². The van der Waals surface area contributed by atoms with E-state index in [-0.39, 0.29) is 0 Å². The summed E-state index contributed by atoms with van der Waals surface area (Å²) in [6.45, 7) is 0. The van der Waals surface area contributed by atoms with Crippen LogP contribution in [0.5, 0.6) is 0 Å². The van der Waals surface area contributed by atoms with Crippen LogP contribution in [-0.2, 0) is 0 Å². The third kappa shape index (κ3) is 1.62. The first kappa shape index (κ1) is 9.48. The van der Waals surface area contributed by atoms with E-state index < -0.39 is 0 Å². The van der Waals surface area contributed by atoms with Gasteiger partial charge in [0.15, 0.2) is 0 Å². The van der Waals surface area contributed by atoms with Crippen LogP contribution in [0.15, 0.2) is 47.6 Å². The molecule has 0 radical (unpaired) electrons. The second kappa shape index (κ2) is 3.98. The Bertz CT molecular complexity index is 552. The standard InChI is InChI=1S/C11H10N2O2/c14-12-10-7-3-5-8-4-1-2-6-9(8)11(10)13-15/h1-7,14-15H,(H,12,13). The lowest BCUT2D eigenvalue weighted by molar-refractivity contribution is 0.302. The predicted molar refractivity (Wildman–Crippen MR) is 56.7 cm³/mol. The highest BCUT2D eigenvalue weighted by atomic mass is 16.5. The maximum absolute atomic E-state index is 8.93. The summed E-state index contributed by atoms with van der Waals surface area (Å²) in [5.41, 5.74) is 2.36. The largest absolute Gasteiger partial charge is 0.410 e. The van der Waals surface area contributed by atoms with Gasteiger partial charge in [-0.1, -0.05) is 41.6 Å². The normalized spacial score (nSPS) is 11.7. The van der Waals surface area contributed by atoms with Gasteiger partial charge in [0.1, 0.15) is 5.36 Å². The van der Waals surface area contributed by atoms with Crippen molar-refractivity contribution in [3.8, 4) is 0 Å². The summed E-state index contributed by atoms with van der Waals surface area (Å²) in [5, 5.41) is 23.0. The van der Waals surface area contributed by atoms with E-state index in [9.17, 15) is 0 Å². The zero-order chi connectivity index (χ0) is 10.7.